The van der Waals surface area contributed by atoms with Gasteiger partial charge in [-0.25, -0.2) is 14.8 Å². The number of aliphatic hydroxyl groups is 5. The fourth-order valence-corrected chi connectivity index (χ4v) is 12.2. The summed E-state index contributed by atoms with van der Waals surface area (Å²) >= 11 is 0. The van der Waals surface area contributed by atoms with Crippen LogP contribution in [0.2, 0.25) is 0 Å². The Balaban J connectivity index is 1.78. The summed E-state index contributed by atoms with van der Waals surface area (Å²) in [6, 6.07) is -14.0. The number of carboxylic acid groups (broad SMARTS) is 1. The molecule has 19 amide bonds. The topological polar surface area (TPSA) is 842 Å². The highest BCUT2D eigenvalue weighted by Crippen LogP contribution is 2.25. The zero-order valence-corrected chi connectivity index (χ0v) is 73.1. The van der Waals surface area contributed by atoms with Gasteiger partial charge in [0.15, 0.2) is 5.96 Å². The molecule has 33 N–H and O–H groups in total. The van der Waals surface area contributed by atoms with E-state index < -0.39 is 298 Å². The number of H-pyrrole nitrogens is 2. The van der Waals surface area contributed by atoms with Gasteiger partial charge in [-0.15, -0.1) is 0 Å². The smallest absolute Gasteiger partial charge is 0.326 e. The molecule has 720 valence electrons. The van der Waals surface area contributed by atoms with Gasteiger partial charge in [-0.2, -0.15) is 0 Å². The van der Waals surface area contributed by atoms with Crippen molar-refractivity contribution in [2.75, 3.05) is 79.3 Å². The Hall–Kier alpha value is -13.9. The second-order valence-electron chi connectivity index (χ2n) is 31.2. The number of amides is 19. The molecule has 53 nitrogen and oxygen atoms in total. The number of hydrogen-bond donors (Lipinski definition) is 30. The Morgan fingerprint density at radius 1 is 0.454 bits per heavy atom. The van der Waals surface area contributed by atoms with Crippen LogP contribution in [0.5, 0.6) is 0 Å². The zero-order chi connectivity index (χ0) is 97.8. The number of likely N-dealkylation sites (N-methyl/N-ethyl adjacent to an activating group) is 1. The summed E-state index contributed by atoms with van der Waals surface area (Å²) in [5.74, 6) is -23.9. The maximum atomic E-state index is 14.9. The maximum Gasteiger partial charge on any atom is 0.326 e. The quantitative estimate of drug-likeness (QED) is 0.0142. The molecule has 0 fully saturated rings. The predicted molar refractivity (Wildman–Crippen MR) is 453 cm³/mol. The summed E-state index contributed by atoms with van der Waals surface area (Å²) in [7, 11) is 1.16. The molecule has 2 heterocycles. The van der Waals surface area contributed by atoms with Gasteiger partial charge >= 0.3 is 5.97 Å². The third-order valence-electron chi connectivity index (χ3n) is 19.3. The first kappa shape index (κ1) is 110. The standard InChI is InChI=1S/C77H121N27O26/c1-10-38(4)60(71(125)97-46(22-52(79)110)68(122)100-49(32-106)64(118)88-27-55(113)87-29-57(115)93-50(33-107)69(123)96-45(20-41-24-82-35-90-41)67(121)99-47(75(129)130)21-42-25-83-36-91-42)102-72(126)61(39(5)109)103-70(124)59(37(2)3)101-65(119)43(17-14-18-84-76(80)81)95-66(120)44(19-40-15-12-11-13-16-40)98-73(127)62(77(6,7)8)104(9)74(128)51(34-108)94-58(116)30-89-63(117)48(31-105)92-56(114)28-86-54(112)26-85-53(111)23-78/h11-13,15-16,24-25,35-39,43-51,59-62,105-109H,10,14,17-23,26-34,78H2,1-9H3,(H2,79,110)(H,82,90)(H,83,91)(H,85,111)(H,86,112)(H,87,113)(H,88,118)(H,89,117)(H,92,114)(H,93,115)(H,94,116)(H,95,120)(H,96,123)(H,97,125)(H,98,127)(H,99,121)(H,100,122)(H,101,119)(H,102,126)(H,103,124)(H,129,130)(H4,80,81,84)/t38-,39+,43-,44-,45-,46-,47-,48-,49-,50-,51-,59-,60-,61-,62+/m0/s1. The van der Waals surface area contributed by atoms with E-state index in [0.29, 0.717) is 5.56 Å². The Kier molecular flexibility index (Phi) is 47.2. The average Bonchev–Trinajstić information content (AvgIpc) is 0.977. The van der Waals surface area contributed by atoms with Crippen molar-refractivity contribution in [1.29, 1.82) is 5.41 Å². The van der Waals surface area contributed by atoms with Gasteiger partial charge in [0.05, 0.1) is 102 Å². The molecule has 0 unspecified atom stereocenters. The SMILES string of the molecule is CC[C@H](C)[C@H](NC(=O)[C@@H](NC(=O)[C@@H](NC(=O)[C@H](CCCNC(=N)N)NC(=O)[C@H](Cc1ccccc1)NC(=O)[C@@H](N(C)C(=O)[C@H](CO)NC(=O)CNC(=O)[C@H](CO)NC(=O)CNC(=O)CNC(=O)CN)C(C)(C)C)C(C)C)[C@@H](C)O)C(=O)N[C@@H](CC(N)=O)C(=O)N[C@@H](CO)C(=O)NCC(=O)NCC(=O)N[C@@H](CO)C(=O)N[C@@H](Cc1c[nH]cn1)C(=O)N[C@@H](Cc1c[nH]cn1)C(=O)O. The first-order chi connectivity index (χ1) is 61.2. The number of aliphatic carboxylic acids is 1. The molecule has 0 aliphatic heterocycles. The molecule has 53 heteroatoms. The van der Waals surface area contributed by atoms with Crippen LogP contribution in [-0.4, -0.2) is 344 Å². The number of benzene rings is 1. The van der Waals surface area contributed by atoms with Gasteiger partial charge < -0.3 is 158 Å². The highest BCUT2D eigenvalue weighted by atomic mass is 16.4. The van der Waals surface area contributed by atoms with Crippen LogP contribution in [0.4, 0.5) is 0 Å². The number of nitrogens with one attached hydrogen (secondary N) is 21. The molecule has 2 aromatic heterocycles. The van der Waals surface area contributed by atoms with Gasteiger partial charge in [-0.1, -0.05) is 85.2 Å². The van der Waals surface area contributed by atoms with Crippen LogP contribution < -0.4 is 113 Å². The Morgan fingerprint density at radius 2 is 0.846 bits per heavy atom. The number of primary amides is 1. The first-order valence-corrected chi connectivity index (χ1v) is 40.9. The van der Waals surface area contributed by atoms with Crippen LogP contribution in [0.15, 0.2) is 55.4 Å². The number of aliphatic hydroxyl groups excluding tert-OH is 5. The lowest BCUT2D eigenvalue weighted by atomic mass is 9.84. The lowest BCUT2D eigenvalue weighted by molar-refractivity contribution is -0.147. The fraction of sp³-hybridized carbons (Fsp3) is 0.571. The molecule has 0 radical (unpaired) electrons. The van der Waals surface area contributed by atoms with E-state index in [1.807, 2.05) is 0 Å². The number of carboxylic acids is 1. The molecule has 3 rings (SSSR count). The predicted octanol–water partition coefficient (Wildman–Crippen LogP) is -14.3. The number of aromatic nitrogens is 4. The Labute approximate surface area is 744 Å². The van der Waals surface area contributed by atoms with Gasteiger partial charge in [0.25, 0.3) is 0 Å². The number of nitrogens with zero attached hydrogens (tertiary/aromatic N) is 3. The van der Waals surface area contributed by atoms with Crippen molar-refractivity contribution in [3.05, 3.63) is 72.3 Å². The minimum Gasteiger partial charge on any atom is -0.480 e. The van der Waals surface area contributed by atoms with Crippen molar-refractivity contribution in [1.82, 2.24) is 121 Å². The number of imidazole rings is 2. The number of nitrogens with two attached hydrogens (primary N) is 3. The van der Waals surface area contributed by atoms with E-state index in [4.69, 9.17) is 22.6 Å². The summed E-state index contributed by atoms with van der Waals surface area (Å²) in [5.41, 5.74) is 15.9. The molecule has 0 saturated heterocycles. The molecular weight excluding hydrogens is 1720 g/mol. The van der Waals surface area contributed by atoms with Gasteiger partial charge in [-0.05, 0) is 42.6 Å². The Morgan fingerprint density at radius 3 is 1.32 bits per heavy atom. The van der Waals surface area contributed by atoms with Crippen molar-refractivity contribution in [2.24, 2.45) is 34.5 Å². The molecule has 0 aliphatic carbocycles. The number of carbonyl (C=O) groups excluding carboxylic acids is 19. The van der Waals surface area contributed by atoms with Gasteiger partial charge in [-0.3, -0.25) is 96.5 Å². The second-order valence-corrected chi connectivity index (χ2v) is 31.2. The minimum atomic E-state index is -1.97. The molecule has 0 spiro atoms. The van der Waals surface area contributed by atoms with Crippen LogP contribution in [-0.2, 0) is 115 Å². The number of aromatic amines is 2. The van der Waals surface area contributed by atoms with Crippen LogP contribution in [0.1, 0.15) is 98.0 Å². The number of carbonyl (C=O) groups is 20. The number of guanidine groups is 1. The summed E-state index contributed by atoms with van der Waals surface area (Å²) < 4.78 is 0. The molecule has 130 heavy (non-hydrogen) atoms. The van der Waals surface area contributed by atoms with E-state index in [2.05, 4.69) is 116 Å². The van der Waals surface area contributed by atoms with Gasteiger partial charge in [0.1, 0.15) is 78.5 Å². The molecule has 3 aromatic rings. The first-order valence-electron chi connectivity index (χ1n) is 40.9. The van der Waals surface area contributed by atoms with E-state index in [1.54, 1.807) is 58.0 Å². The van der Waals surface area contributed by atoms with Crippen LogP contribution in [0.3, 0.4) is 0 Å². The summed E-state index contributed by atoms with van der Waals surface area (Å²) in [6.45, 7) is 2.99. The summed E-state index contributed by atoms with van der Waals surface area (Å²) in [4.78, 5) is 282. The zero-order valence-electron chi connectivity index (χ0n) is 73.1. The number of hydrogen-bond acceptors (Lipinski definition) is 29. The number of rotatable bonds is 57. The normalized spacial score (nSPS) is 14.6. The van der Waals surface area contributed by atoms with Crippen molar-refractivity contribution in [3.63, 3.8) is 0 Å². The van der Waals surface area contributed by atoms with Gasteiger partial charge in [0.2, 0.25) is 112 Å². The van der Waals surface area contributed by atoms with E-state index in [1.165, 1.54) is 45.8 Å². The highest BCUT2D eigenvalue weighted by molar-refractivity contribution is 6.02. The van der Waals surface area contributed by atoms with Gasteiger partial charge in [0, 0.05) is 45.2 Å². The molecule has 0 saturated carbocycles. The average molecular weight is 1840 g/mol. The van der Waals surface area contributed by atoms with Crippen LogP contribution >= 0.6 is 0 Å². The third kappa shape index (κ3) is 38.7. The monoisotopic (exact) mass is 1840 g/mol. The minimum absolute atomic E-state index is 0.00623. The third-order valence-corrected chi connectivity index (χ3v) is 19.3. The maximum absolute atomic E-state index is 14.9. The second kappa shape index (κ2) is 55.6. The highest BCUT2D eigenvalue weighted by Gasteiger charge is 2.43. The largest absolute Gasteiger partial charge is 0.480 e. The van der Waals surface area contributed by atoms with Crippen molar-refractivity contribution >= 4 is 124 Å². The Bertz CT molecular complexity index is 4360. The molecule has 0 aliphatic rings. The van der Waals surface area contributed by atoms with Crippen molar-refractivity contribution < 1.29 is 127 Å². The summed E-state index contributed by atoms with van der Waals surface area (Å²) in [6.07, 6.45) is 1.58. The van der Waals surface area contributed by atoms with Crippen LogP contribution in [0.25, 0.3) is 0 Å². The van der Waals surface area contributed by atoms with Crippen LogP contribution in [0, 0.1) is 22.7 Å². The lowest BCUT2D eigenvalue weighted by Gasteiger charge is -2.39. The lowest BCUT2D eigenvalue weighted by Crippen LogP contribution is -2.64. The van der Waals surface area contributed by atoms with E-state index in [0.717, 1.165) is 18.9 Å². The van der Waals surface area contributed by atoms with E-state index >= 15 is 0 Å². The summed E-state index contributed by atoms with van der Waals surface area (Å²) in [5, 5.41) is 111. The fourth-order valence-electron chi connectivity index (χ4n) is 12.2. The van der Waals surface area contributed by atoms with Crippen molar-refractivity contribution in [2.45, 2.75) is 185 Å². The molecule has 0 bridgehead atoms. The van der Waals surface area contributed by atoms with E-state index in [-0.39, 0.29) is 56.5 Å². The van der Waals surface area contributed by atoms with Crippen molar-refractivity contribution in [3.8, 4) is 0 Å². The molecular formula is C77H121N27O26. The van der Waals surface area contributed by atoms with E-state index in [9.17, 15) is 127 Å². The molecule has 15 atom stereocenters. The molecule has 1 aromatic carbocycles.